The van der Waals surface area contributed by atoms with Crippen LogP contribution in [-0.2, 0) is 0 Å². The van der Waals surface area contributed by atoms with Crippen LogP contribution in [0.5, 0.6) is 0 Å². The summed E-state index contributed by atoms with van der Waals surface area (Å²) in [5.74, 6) is 0.122. The Morgan fingerprint density at radius 2 is 2.20 bits per heavy atom. The molecule has 1 saturated carbocycles. The van der Waals surface area contributed by atoms with Crippen LogP contribution >= 0.6 is 0 Å². The van der Waals surface area contributed by atoms with E-state index in [1.807, 2.05) is 0 Å². The second kappa shape index (κ2) is 5.51. The summed E-state index contributed by atoms with van der Waals surface area (Å²) < 4.78 is 14.9. The van der Waals surface area contributed by atoms with Crippen molar-refractivity contribution in [3.8, 4) is 0 Å². The first kappa shape index (κ1) is 14.4. The molecule has 4 N–H and O–H groups in total. The molecule has 108 valence electrons. The number of rotatable bonds is 2. The maximum absolute atomic E-state index is 13.2. The lowest BCUT2D eigenvalue weighted by molar-refractivity contribution is 0.180. The molecule has 3 rings (SSSR count). The molecule has 0 bridgehead atoms. The van der Waals surface area contributed by atoms with Gasteiger partial charge in [-0.1, -0.05) is 6.58 Å². The van der Waals surface area contributed by atoms with Crippen LogP contribution in [0.25, 0.3) is 11.2 Å². The Bertz CT molecular complexity index is 642. The van der Waals surface area contributed by atoms with E-state index in [9.17, 15) is 4.39 Å². The highest BCUT2D eigenvalue weighted by Gasteiger charge is 2.35. The quantitative estimate of drug-likeness (QED) is 0.538. The highest BCUT2D eigenvalue weighted by atomic mass is 19.1. The number of hydrogen-bond acceptors (Lipinski definition) is 6. The molecule has 0 aliphatic heterocycles. The number of nitrogens with zero attached hydrogens (tertiary/aromatic N) is 4. The number of aliphatic hydroxyl groups is 2. The maximum Gasteiger partial charge on any atom is 0.312 e. The van der Waals surface area contributed by atoms with E-state index in [-0.39, 0.29) is 24.4 Å². The van der Waals surface area contributed by atoms with Gasteiger partial charge in [0.25, 0.3) is 0 Å². The Morgan fingerprint density at radius 1 is 1.50 bits per heavy atom. The zero-order valence-electron chi connectivity index (χ0n) is 11.0. The average Bonchev–Trinajstić information content (AvgIpc) is 2.84. The van der Waals surface area contributed by atoms with E-state index in [4.69, 9.17) is 15.9 Å². The molecule has 2 unspecified atom stereocenters. The number of aliphatic hydroxyl groups excluding tert-OH is 2. The highest BCUT2D eigenvalue weighted by Crippen LogP contribution is 2.43. The molecule has 2 aromatic rings. The fourth-order valence-corrected chi connectivity index (χ4v) is 2.31. The van der Waals surface area contributed by atoms with Crippen molar-refractivity contribution in [3.05, 3.63) is 24.6 Å². The SMILES string of the molecule is C=C1C(CO)CC1n1cnc2c(N)nc(F)nc21.CO. The van der Waals surface area contributed by atoms with Crippen LogP contribution in [0, 0.1) is 12.0 Å². The monoisotopic (exact) mass is 281 g/mol. The van der Waals surface area contributed by atoms with E-state index >= 15 is 0 Å². The van der Waals surface area contributed by atoms with Crippen molar-refractivity contribution >= 4 is 17.0 Å². The zero-order valence-corrected chi connectivity index (χ0v) is 11.0. The molecule has 1 aliphatic rings. The van der Waals surface area contributed by atoms with Gasteiger partial charge in [0.15, 0.2) is 11.5 Å². The number of hydrogen-bond donors (Lipinski definition) is 3. The van der Waals surface area contributed by atoms with Gasteiger partial charge >= 0.3 is 6.08 Å². The minimum Gasteiger partial charge on any atom is -0.400 e. The number of halogens is 1. The van der Waals surface area contributed by atoms with Gasteiger partial charge in [0.1, 0.15) is 5.52 Å². The summed E-state index contributed by atoms with van der Waals surface area (Å²) in [6.07, 6.45) is 1.43. The van der Waals surface area contributed by atoms with Crippen LogP contribution < -0.4 is 5.73 Å². The van der Waals surface area contributed by atoms with Gasteiger partial charge in [-0.05, 0) is 12.0 Å². The van der Waals surface area contributed by atoms with Crippen molar-refractivity contribution in [1.82, 2.24) is 19.5 Å². The van der Waals surface area contributed by atoms with Crippen LogP contribution in [0.15, 0.2) is 18.5 Å². The Hall–Kier alpha value is -2.06. The van der Waals surface area contributed by atoms with E-state index in [1.165, 1.54) is 0 Å². The van der Waals surface area contributed by atoms with E-state index in [1.54, 1.807) is 10.9 Å². The Kier molecular flexibility index (Phi) is 3.96. The average molecular weight is 281 g/mol. The molecule has 8 heteroatoms. The number of aromatic nitrogens is 4. The number of anilines is 1. The molecular formula is C12H16FN5O2. The van der Waals surface area contributed by atoms with Gasteiger partial charge < -0.3 is 20.5 Å². The molecule has 2 atom stereocenters. The molecule has 0 saturated heterocycles. The molecule has 2 aromatic heterocycles. The van der Waals surface area contributed by atoms with Gasteiger partial charge in [-0.3, -0.25) is 0 Å². The van der Waals surface area contributed by atoms with Crippen LogP contribution in [0.1, 0.15) is 12.5 Å². The molecule has 1 fully saturated rings. The molecule has 0 radical (unpaired) electrons. The summed E-state index contributed by atoms with van der Waals surface area (Å²) in [4.78, 5) is 11.2. The third-order valence-corrected chi connectivity index (χ3v) is 3.44. The molecule has 7 nitrogen and oxygen atoms in total. The van der Waals surface area contributed by atoms with E-state index in [2.05, 4.69) is 21.5 Å². The molecule has 0 aromatic carbocycles. The van der Waals surface area contributed by atoms with E-state index < -0.39 is 6.08 Å². The van der Waals surface area contributed by atoms with Gasteiger partial charge in [-0.2, -0.15) is 14.4 Å². The molecule has 20 heavy (non-hydrogen) atoms. The third kappa shape index (κ3) is 2.12. The minimum atomic E-state index is -0.870. The molecule has 1 aliphatic carbocycles. The summed E-state index contributed by atoms with van der Waals surface area (Å²) in [6.45, 7) is 4.00. The number of fused-ring (bicyclic) bond motifs is 1. The van der Waals surface area contributed by atoms with Crippen molar-refractivity contribution in [2.45, 2.75) is 12.5 Å². The third-order valence-electron chi connectivity index (χ3n) is 3.44. The maximum atomic E-state index is 13.2. The smallest absolute Gasteiger partial charge is 0.312 e. The topological polar surface area (TPSA) is 110 Å². The standard InChI is InChI=1S/C11H12FN5O.CH4O/c1-5-6(3-18)2-7(5)17-4-14-8-9(13)15-11(12)16-10(8)17;1-2/h4,6-7,18H,1-3H2,(H2,13,15,16);2H,1H3. The van der Waals surface area contributed by atoms with Gasteiger partial charge in [0, 0.05) is 19.6 Å². The number of imidazole rings is 1. The molecule has 0 amide bonds. The van der Waals surface area contributed by atoms with Crippen molar-refractivity contribution in [1.29, 1.82) is 0 Å². The summed E-state index contributed by atoms with van der Waals surface area (Å²) in [7, 11) is 1.00. The summed E-state index contributed by atoms with van der Waals surface area (Å²) in [5, 5.41) is 16.1. The fourth-order valence-electron chi connectivity index (χ4n) is 2.31. The minimum absolute atomic E-state index is 0.0131. The largest absolute Gasteiger partial charge is 0.400 e. The van der Waals surface area contributed by atoms with Crippen LogP contribution in [-0.4, -0.2) is 43.4 Å². The zero-order chi connectivity index (χ0) is 14.9. The molecular weight excluding hydrogens is 265 g/mol. The van der Waals surface area contributed by atoms with Crippen LogP contribution in [0.4, 0.5) is 10.2 Å². The molecule has 2 heterocycles. The fraction of sp³-hybridized carbons (Fsp3) is 0.417. The van der Waals surface area contributed by atoms with Gasteiger partial charge in [0.2, 0.25) is 0 Å². The van der Waals surface area contributed by atoms with Crippen molar-refractivity contribution in [3.63, 3.8) is 0 Å². The Labute approximate surface area is 114 Å². The van der Waals surface area contributed by atoms with Crippen LogP contribution in [0.3, 0.4) is 0 Å². The lowest BCUT2D eigenvalue weighted by Gasteiger charge is -2.38. The van der Waals surface area contributed by atoms with Gasteiger partial charge in [-0.15, -0.1) is 0 Å². The first-order valence-electron chi connectivity index (χ1n) is 6.01. The second-order valence-corrected chi connectivity index (χ2v) is 4.41. The van der Waals surface area contributed by atoms with Gasteiger partial charge in [0.05, 0.1) is 12.4 Å². The first-order chi connectivity index (χ1) is 9.61. The lowest BCUT2D eigenvalue weighted by atomic mass is 9.76. The Balaban J connectivity index is 0.000000704. The van der Waals surface area contributed by atoms with E-state index in [0.717, 1.165) is 19.1 Å². The highest BCUT2D eigenvalue weighted by molar-refractivity contribution is 5.81. The first-order valence-corrected chi connectivity index (χ1v) is 6.01. The Morgan fingerprint density at radius 3 is 2.80 bits per heavy atom. The lowest BCUT2D eigenvalue weighted by Crippen LogP contribution is -2.31. The van der Waals surface area contributed by atoms with E-state index in [0.29, 0.717) is 11.2 Å². The predicted molar refractivity (Wildman–Crippen MR) is 71.2 cm³/mol. The normalized spacial score (nSPS) is 21.3. The summed E-state index contributed by atoms with van der Waals surface area (Å²) in [6, 6.07) is -0.0131. The van der Waals surface area contributed by atoms with Crippen molar-refractivity contribution in [2.24, 2.45) is 5.92 Å². The predicted octanol–water partition coefficient (Wildman–Crippen LogP) is 0.266. The summed E-state index contributed by atoms with van der Waals surface area (Å²) in [5.41, 5.74) is 7.24. The number of nitrogen functional groups attached to an aromatic ring is 1. The van der Waals surface area contributed by atoms with Crippen molar-refractivity contribution in [2.75, 3.05) is 19.5 Å². The second-order valence-electron chi connectivity index (χ2n) is 4.41. The summed E-state index contributed by atoms with van der Waals surface area (Å²) >= 11 is 0. The van der Waals surface area contributed by atoms with Crippen molar-refractivity contribution < 1.29 is 14.6 Å². The van der Waals surface area contributed by atoms with Gasteiger partial charge in [-0.25, -0.2) is 4.98 Å². The van der Waals surface area contributed by atoms with Crippen LogP contribution in [0.2, 0.25) is 0 Å². The number of nitrogens with two attached hydrogens (primary N) is 1. The molecule has 0 spiro atoms.